The van der Waals surface area contributed by atoms with E-state index in [0.29, 0.717) is 40.7 Å². The average Bonchev–Trinajstić information content (AvgIpc) is 3.51. The van der Waals surface area contributed by atoms with Gasteiger partial charge in [0, 0.05) is 24.5 Å². The number of phenols is 1. The molecule has 2 aliphatic rings. The van der Waals surface area contributed by atoms with Crippen molar-refractivity contribution in [2.24, 2.45) is 0 Å². The third-order valence-corrected chi connectivity index (χ3v) is 9.17. The van der Waals surface area contributed by atoms with Crippen LogP contribution in [0.1, 0.15) is 47.7 Å². The molecule has 3 aromatic carbocycles. The number of amides is 2. The maximum atomic E-state index is 14.3. The van der Waals surface area contributed by atoms with Gasteiger partial charge in [0.15, 0.2) is 23.0 Å². The van der Waals surface area contributed by atoms with Crippen LogP contribution in [-0.4, -0.2) is 60.4 Å². The zero-order valence-electron chi connectivity index (χ0n) is 25.6. The lowest BCUT2D eigenvalue weighted by molar-refractivity contribution is -0.156. The molecule has 0 spiro atoms. The number of carbonyl (C=O) groups excluding carboxylic acids is 3. The number of carbonyl (C=O) groups is 3. The van der Waals surface area contributed by atoms with Gasteiger partial charge in [-0.25, -0.2) is 0 Å². The van der Waals surface area contributed by atoms with E-state index in [-0.39, 0.29) is 37.4 Å². The van der Waals surface area contributed by atoms with Gasteiger partial charge in [-0.1, -0.05) is 36.4 Å². The molecule has 0 saturated carbocycles. The topological polar surface area (TPSA) is 133 Å². The van der Waals surface area contributed by atoms with E-state index in [1.54, 1.807) is 21.0 Å². The number of nitrogens with one attached hydrogen (secondary N) is 1. The number of piperazine rings is 1. The van der Waals surface area contributed by atoms with Crippen molar-refractivity contribution in [3.05, 3.63) is 73.9 Å². The summed E-state index contributed by atoms with van der Waals surface area (Å²) in [5.41, 5.74) is 3.42. The first-order valence-corrected chi connectivity index (χ1v) is 15.5. The molecule has 238 valence electrons. The van der Waals surface area contributed by atoms with Gasteiger partial charge in [-0.05, 0) is 66.1 Å². The second-order valence-electron chi connectivity index (χ2n) is 11.0. The van der Waals surface area contributed by atoms with E-state index in [4.69, 9.17) is 23.7 Å². The highest BCUT2D eigenvalue weighted by atomic mass is 127. The maximum Gasteiger partial charge on any atom is 0.302 e. The number of nitrogens with zero attached hydrogens (tertiary/aromatic N) is 1. The quantitative estimate of drug-likeness (QED) is 0.229. The predicted octanol–water partition coefficient (Wildman–Crippen LogP) is 4.49. The molecule has 5 rings (SSSR count). The third-order valence-electron chi connectivity index (χ3n) is 7.99. The lowest BCUT2D eigenvalue weighted by Gasteiger charge is -2.42. The molecule has 2 amide bonds. The first-order chi connectivity index (χ1) is 21.5. The number of hydrogen-bond acceptors (Lipinski definition) is 9. The number of aromatic hydroxyl groups is 1. The normalized spacial score (nSPS) is 18.0. The number of halogens is 1. The van der Waals surface area contributed by atoms with E-state index in [1.165, 1.54) is 17.9 Å². The van der Waals surface area contributed by atoms with Gasteiger partial charge in [0.25, 0.3) is 0 Å². The molecule has 0 aromatic heterocycles. The Balaban J connectivity index is 1.50. The molecule has 12 heteroatoms. The SMILES string of the molecule is COc1c(C)cc(C[C@@H]2NC(=O)C(C)N([C@@H](COC(C)=O)c3cc(O)c(C)c4c3OCO4)C2=O)c(I)c1OCc1ccccc1. The van der Waals surface area contributed by atoms with E-state index in [2.05, 4.69) is 27.9 Å². The molecular formula is C33H35IN2O9. The smallest absolute Gasteiger partial charge is 0.302 e. The summed E-state index contributed by atoms with van der Waals surface area (Å²) in [6.45, 7) is 6.41. The molecule has 0 bridgehead atoms. The van der Waals surface area contributed by atoms with Crippen LogP contribution in [0.3, 0.4) is 0 Å². The molecule has 3 aromatic rings. The summed E-state index contributed by atoms with van der Waals surface area (Å²) in [7, 11) is 1.58. The summed E-state index contributed by atoms with van der Waals surface area (Å²) in [4.78, 5) is 41.0. The zero-order valence-corrected chi connectivity index (χ0v) is 27.8. The summed E-state index contributed by atoms with van der Waals surface area (Å²) in [6.07, 6.45) is 0.162. The fourth-order valence-electron chi connectivity index (χ4n) is 5.68. The number of fused-ring (bicyclic) bond motifs is 1. The molecule has 1 fully saturated rings. The Morgan fingerprint density at radius 2 is 1.84 bits per heavy atom. The van der Waals surface area contributed by atoms with Crippen molar-refractivity contribution >= 4 is 40.4 Å². The van der Waals surface area contributed by atoms with Crippen LogP contribution in [0.25, 0.3) is 0 Å². The molecule has 1 unspecified atom stereocenters. The van der Waals surface area contributed by atoms with Gasteiger partial charge < -0.3 is 39.0 Å². The maximum absolute atomic E-state index is 14.3. The summed E-state index contributed by atoms with van der Waals surface area (Å²) in [5.74, 6) is 0.396. The minimum absolute atomic E-state index is 0.0773. The van der Waals surface area contributed by atoms with Crippen LogP contribution in [-0.2, 0) is 32.1 Å². The number of aryl methyl sites for hydroxylation is 1. The second-order valence-corrected chi connectivity index (χ2v) is 12.1. The van der Waals surface area contributed by atoms with Crippen molar-refractivity contribution in [3.8, 4) is 28.7 Å². The number of hydrogen-bond donors (Lipinski definition) is 2. The Labute approximate surface area is 274 Å². The first kappa shape index (κ1) is 32.2. The lowest BCUT2D eigenvalue weighted by Crippen LogP contribution is -2.64. The van der Waals surface area contributed by atoms with Gasteiger partial charge >= 0.3 is 5.97 Å². The van der Waals surface area contributed by atoms with E-state index < -0.39 is 24.1 Å². The summed E-state index contributed by atoms with van der Waals surface area (Å²) in [5, 5.41) is 13.6. The highest BCUT2D eigenvalue weighted by molar-refractivity contribution is 14.1. The van der Waals surface area contributed by atoms with Crippen LogP contribution in [0, 0.1) is 17.4 Å². The van der Waals surface area contributed by atoms with Crippen LogP contribution >= 0.6 is 22.6 Å². The van der Waals surface area contributed by atoms with E-state index >= 15 is 0 Å². The van der Waals surface area contributed by atoms with Crippen molar-refractivity contribution < 1.29 is 43.2 Å². The van der Waals surface area contributed by atoms with Gasteiger partial charge in [0.1, 0.15) is 31.0 Å². The van der Waals surface area contributed by atoms with Crippen molar-refractivity contribution in [2.45, 2.75) is 58.8 Å². The fourth-order valence-corrected chi connectivity index (χ4v) is 6.46. The van der Waals surface area contributed by atoms with Gasteiger partial charge in [0.2, 0.25) is 18.6 Å². The molecule has 3 atom stereocenters. The van der Waals surface area contributed by atoms with Gasteiger partial charge in [0.05, 0.1) is 16.7 Å². The standard InChI is InChI=1S/C33H35IN2O9/c1-17-11-22(27(34)31(28(17)41-5)43-14-21-9-7-6-8-10-21)12-24-33(40)36(19(3)32(39)35-24)25(15-42-20(4)37)23-13-26(38)18(2)29-30(23)45-16-44-29/h6-11,13,19,24-25,38H,12,14-16H2,1-5H3,(H,35,39)/t19?,24-,25-/m0/s1. The Kier molecular flexibility index (Phi) is 9.61. The second kappa shape index (κ2) is 13.4. The van der Waals surface area contributed by atoms with Crippen molar-refractivity contribution in [1.29, 1.82) is 0 Å². The minimum atomic E-state index is -0.951. The van der Waals surface area contributed by atoms with Crippen LogP contribution in [0.4, 0.5) is 0 Å². The average molecular weight is 731 g/mol. The predicted molar refractivity (Wildman–Crippen MR) is 172 cm³/mol. The number of ether oxygens (including phenoxy) is 5. The van der Waals surface area contributed by atoms with Crippen molar-refractivity contribution in [2.75, 3.05) is 20.5 Å². The molecule has 0 aliphatic carbocycles. The monoisotopic (exact) mass is 730 g/mol. The summed E-state index contributed by atoms with van der Waals surface area (Å²) >= 11 is 2.18. The highest BCUT2D eigenvalue weighted by Crippen LogP contribution is 2.47. The largest absolute Gasteiger partial charge is 0.508 e. The Morgan fingerprint density at radius 1 is 1.13 bits per heavy atom. The first-order valence-electron chi connectivity index (χ1n) is 14.4. The number of phenolic OH excluding ortho intramolecular Hbond substituents is 1. The Morgan fingerprint density at radius 3 is 2.53 bits per heavy atom. The van der Waals surface area contributed by atoms with Crippen molar-refractivity contribution in [1.82, 2.24) is 10.2 Å². The van der Waals surface area contributed by atoms with Crippen LogP contribution < -0.4 is 24.3 Å². The minimum Gasteiger partial charge on any atom is -0.508 e. The van der Waals surface area contributed by atoms with Gasteiger partial charge in [-0.15, -0.1) is 0 Å². The summed E-state index contributed by atoms with van der Waals surface area (Å²) in [6, 6.07) is 10.3. The summed E-state index contributed by atoms with van der Waals surface area (Å²) < 4.78 is 29.4. The molecule has 1 saturated heterocycles. The Hall–Kier alpha value is -4.20. The van der Waals surface area contributed by atoms with Crippen molar-refractivity contribution in [3.63, 3.8) is 0 Å². The molecule has 2 N–H and O–H groups in total. The third kappa shape index (κ3) is 6.46. The fraction of sp³-hybridized carbons (Fsp3) is 0.364. The highest BCUT2D eigenvalue weighted by Gasteiger charge is 2.44. The molecular weight excluding hydrogens is 695 g/mol. The molecule has 2 aliphatic heterocycles. The zero-order chi connectivity index (χ0) is 32.4. The van der Waals surface area contributed by atoms with Gasteiger partial charge in [-0.3, -0.25) is 14.4 Å². The Bertz CT molecular complexity index is 1630. The number of benzene rings is 3. The van der Waals surface area contributed by atoms with E-state index in [0.717, 1.165) is 20.3 Å². The van der Waals surface area contributed by atoms with Crippen LogP contribution in [0.2, 0.25) is 0 Å². The molecule has 45 heavy (non-hydrogen) atoms. The molecule has 0 radical (unpaired) electrons. The van der Waals surface area contributed by atoms with Gasteiger partial charge in [-0.2, -0.15) is 0 Å². The van der Waals surface area contributed by atoms with E-state index in [9.17, 15) is 19.5 Å². The van der Waals surface area contributed by atoms with Crippen LogP contribution in [0.15, 0.2) is 42.5 Å². The lowest BCUT2D eigenvalue weighted by atomic mass is 9.94. The van der Waals surface area contributed by atoms with E-state index in [1.807, 2.05) is 43.3 Å². The number of esters is 1. The number of rotatable bonds is 10. The molecule has 2 heterocycles. The molecule has 11 nitrogen and oxygen atoms in total. The van der Waals surface area contributed by atoms with Crippen LogP contribution in [0.5, 0.6) is 28.7 Å². The number of methoxy groups -OCH3 is 1.